The number of imide groups is 1. The number of carbonyl (C=O) groups excluding carboxylic acids is 4. The number of hydrogen-bond acceptors (Lipinski definition) is 6. The Balaban J connectivity index is 1.79. The second kappa shape index (κ2) is 4.77. The summed E-state index contributed by atoms with van der Waals surface area (Å²) in [5.74, 6) is -4.92. The first kappa shape index (κ1) is 14.6. The highest BCUT2D eigenvalue weighted by molar-refractivity contribution is 6.23. The lowest BCUT2D eigenvalue weighted by Crippen LogP contribution is -2.34. The first-order chi connectivity index (χ1) is 11.4. The Morgan fingerprint density at radius 3 is 1.75 bits per heavy atom. The summed E-state index contributed by atoms with van der Waals surface area (Å²) in [5.41, 5.74) is -0.921. The van der Waals surface area contributed by atoms with Gasteiger partial charge in [0.25, 0.3) is 0 Å². The van der Waals surface area contributed by atoms with Gasteiger partial charge in [0.05, 0.1) is 29.5 Å². The van der Waals surface area contributed by atoms with Gasteiger partial charge in [0.15, 0.2) is 0 Å². The third-order valence-corrected chi connectivity index (χ3v) is 5.12. The molecule has 4 atom stereocenters. The number of rotatable bonds is 3. The lowest BCUT2D eigenvalue weighted by Gasteiger charge is -2.20. The Morgan fingerprint density at radius 2 is 1.33 bits per heavy atom. The van der Waals surface area contributed by atoms with Gasteiger partial charge < -0.3 is 19.8 Å². The second-order valence-electron chi connectivity index (χ2n) is 6.36. The van der Waals surface area contributed by atoms with E-state index in [0.29, 0.717) is 0 Å². The van der Waals surface area contributed by atoms with Crippen LogP contribution >= 0.6 is 0 Å². The number of fused-ring (bicyclic) bond motifs is 5. The van der Waals surface area contributed by atoms with Gasteiger partial charge in [0, 0.05) is 0 Å². The molecule has 2 fully saturated rings. The summed E-state index contributed by atoms with van der Waals surface area (Å²) in [4.78, 5) is 48.5. The fourth-order valence-corrected chi connectivity index (χ4v) is 4.13. The van der Waals surface area contributed by atoms with Gasteiger partial charge in [-0.3, -0.25) is 9.59 Å². The molecule has 2 aliphatic carbocycles. The molecule has 0 aromatic heterocycles. The van der Waals surface area contributed by atoms with Crippen molar-refractivity contribution in [3.63, 3.8) is 0 Å². The first-order valence-corrected chi connectivity index (χ1v) is 7.52. The predicted octanol–water partition coefficient (Wildman–Crippen LogP) is -1.27. The third-order valence-electron chi connectivity index (χ3n) is 5.12. The van der Waals surface area contributed by atoms with E-state index in [1.54, 1.807) is 0 Å². The topological polar surface area (TPSA) is 118 Å². The summed E-state index contributed by atoms with van der Waals surface area (Å²) in [6.45, 7) is 0. The maximum atomic E-state index is 12.7. The van der Waals surface area contributed by atoms with E-state index >= 15 is 0 Å². The maximum absolute atomic E-state index is 12.7. The normalized spacial score (nSPS) is 30.1. The van der Waals surface area contributed by atoms with Crippen LogP contribution in [0.15, 0.2) is 30.4 Å². The third kappa shape index (κ3) is 1.84. The molecule has 7 heteroatoms. The molecule has 2 bridgehead atoms. The Hall–Kier alpha value is -2.96. The zero-order valence-electron chi connectivity index (χ0n) is 12.3. The van der Waals surface area contributed by atoms with Crippen LogP contribution in [0, 0.1) is 23.7 Å². The zero-order chi connectivity index (χ0) is 17.2. The number of carbonyl (C=O) groups is 4. The molecule has 1 aromatic carbocycles. The Bertz CT molecular complexity index is 779. The number of carboxylic acid groups (broad SMARTS) is 2. The van der Waals surface area contributed by atoms with Crippen molar-refractivity contribution < 1.29 is 29.4 Å². The molecule has 0 spiro atoms. The molecule has 7 nitrogen and oxygen atoms in total. The summed E-state index contributed by atoms with van der Waals surface area (Å²) in [6, 6.07) is 3.03. The fourth-order valence-electron chi connectivity index (χ4n) is 4.13. The van der Waals surface area contributed by atoms with E-state index in [4.69, 9.17) is 0 Å². The van der Waals surface area contributed by atoms with Crippen LogP contribution < -0.4 is 15.1 Å². The molecule has 0 N–H and O–H groups in total. The van der Waals surface area contributed by atoms with Gasteiger partial charge in [0.2, 0.25) is 11.8 Å². The van der Waals surface area contributed by atoms with Crippen LogP contribution in [0.2, 0.25) is 0 Å². The quantitative estimate of drug-likeness (QED) is 0.505. The summed E-state index contributed by atoms with van der Waals surface area (Å²) >= 11 is 0. The monoisotopic (exact) mass is 325 g/mol. The molecule has 1 aliphatic heterocycles. The summed E-state index contributed by atoms with van der Waals surface area (Å²) in [6.07, 6.45) is 4.64. The Morgan fingerprint density at radius 1 is 0.875 bits per heavy atom. The maximum Gasteiger partial charge on any atom is 0.238 e. The van der Waals surface area contributed by atoms with Crippen LogP contribution in [-0.2, 0) is 9.59 Å². The van der Waals surface area contributed by atoms with Gasteiger partial charge in [-0.2, -0.15) is 0 Å². The molecule has 0 unspecified atom stereocenters. The van der Waals surface area contributed by atoms with Crippen LogP contribution in [0.1, 0.15) is 27.1 Å². The van der Waals surface area contributed by atoms with Crippen LogP contribution in [0.3, 0.4) is 0 Å². The number of anilines is 1. The molecule has 2 amide bonds. The molecule has 1 heterocycles. The van der Waals surface area contributed by atoms with Crippen molar-refractivity contribution >= 4 is 29.4 Å². The molecule has 4 rings (SSSR count). The molecule has 122 valence electrons. The van der Waals surface area contributed by atoms with Crippen LogP contribution in [0.4, 0.5) is 5.69 Å². The van der Waals surface area contributed by atoms with E-state index in [2.05, 4.69) is 0 Å². The molecular weight excluding hydrogens is 314 g/mol. The number of amides is 2. The predicted molar refractivity (Wildman–Crippen MR) is 75.3 cm³/mol. The van der Waals surface area contributed by atoms with E-state index < -0.39 is 46.7 Å². The zero-order valence-corrected chi connectivity index (χ0v) is 12.3. The Labute approximate surface area is 136 Å². The van der Waals surface area contributed by atoms with Crippen molar-refractivity contribution in [1.29, 1.82) is 0 Å². The fraction of sp³-hybridized carbons (Fsp3) is 0.294. The van der Waals surface area contributed by atoms with Crippen molar-refractivity contribution in [3.8, 4) is 0 Å². The molecule has 3 aliphatic rings. The minimum absolute atomic E-state index is 0.00591. The first-order valence-electron chi connectivity index (χ1n) is 7.52. The number of hydrogen-bond donors (Lipinski definition) is 0. The van der Waals surface area contributed by atoms with Crippen molar-refractivity contribution in [3.05, 3.63) is 41.5 Å². The van der Waals surface area contributed by atoms with Crippen LogP contribution in [0.25, 0.3) is 0 Å². The van der Waals surface area contributed by atoms with E-state index in [1.165, 1.54) is 0 Å². The lowest BCUT2D eigenvalue weighted by atomic mass is 9.85. The molecule has 0 radical (unpaired) electrons. The molecule has 1 saturated carbocycles. The van der Waals surface area contributed by atoms with E-state index in [-0.39, 0.29) is 17.5 Å². The van der Waals surface area contributed by atoms with Crippen LogP contribution in [-0.4, -0.2) is 23.8 Å². The molecule has 1 aromatic rings. The lowest BCUT2D eigenvalue weighted by molar-refractivity contribution is -0.255. The summed E-state index contributed by atoms with van der Waals surface area (Å²) < 4.78 is 0. The molecule has 1 saturated heterocycles. The highest BCUT2D eigenvalue weighted by Crippen LogP contribution is 2.53. The standard InChI is InChI=1S/C17H13NO6/c19-14-12-7-1-2-8(3-7)13(12)15(20)18(14)11-5-9(16(21)22)4-10(6-11)17(23)24/h1-2,4-8,12-13H,3H2,(H,21,22)(H,23,24)/p-2/t7-,8-,12-,13+/m0/s1. The van der Waals surface area contributed by atoms with Crippen LogP contribution in [0.5, 0.6) is 0 Å². The largest absolute Gasteiger partial charge is 0.545 e. The van der Waals surface area contributed by atoms with Gasteiger partial charge in [-0.25, -0.2) is 4.90 Å². The minimum atomic E-state index is -1.60. The van der Waals surface area contributed by atoms with E-state index in [1.807, 2.05) is 12.2 Å². The second-order valence-corrected chi connectivity index (χ2v) is 6.36. The molecular formula is C17H11NO6-2. The highest BCUT2D eigenvalue weighted by Gasteiger charge is 2.59. The van der Waals surface area contributed by atoms with E-state index in [0.717, 1.165) is 29.5 Å². The number of allylic oxidation sites excluding steroid dienone is 2. The van der Waals surface area contributed by atoms with Crippen molar-refractivity contribution in [2.75, 3.05) is 4.90 Å². The van der Waals surface area contributed by atoms with E-state index in [9.17, 15) is 29.4 Å². The Kier molecular flexibility index (Phi) is 2.90. The SMILES string of the molecule is O=C([O-])c1cc(C(=O)[O-])cc(N2C(=O)[C@@H]3[C@H](C2=O)[C@H]2C=C[C@H]3C2)c1. The molecule has 24 heavy (non-hydrogen) atoms. The van der Waals surface area contributed by atoms with Gasteiger partial charge in [0.1, 0.15) is 0 Å². The average Bonchev–Trinajstić information content (AvgIpc) is 3.21. The van der Waals surface area contributed by atoms with Gasteiger partial charge >= 0.3 is 0 Å². The minimum Gasteiger partial charge on any atom is -0.545 e. The summed E-state index contributed by atoms with van der Waals surface area (Å²) in [5, 5.41) is 22.2. The van der Waals surface area contributed by atoms with Crippen molar-refractivity contribution in [2.45, 2.75) is 6.42 Å². The number of carboxylic acids is 2. The highest BCUT2D eigenvalue weighted by atomic mass is 16.4. The number of nitrogens with zero attached hydrogens (tertiary/aromatic N) is 1. The van der Waals surface area contributed by atoms with Crippen molar-refractivity contribution in [2.24, 2.45) is 23.7 Å². The number of benzene rings is 1. The summed E-state index contributed by atoms with van der Waals surface area (Å²) in [7, 11) is 0. The van der Waals surface area contributed by atoms with Gasteiger partial charge in [-0.05, 0) is 47.6 Å². The van der Waals surface area contributed by atoms with Gasteiger partial charge in [-0.15, -0.1) is 0 Å². The average molecular weight is 325 g/mol. The smallest absolute Gasteiger partial charge is 0.238 e. The van der Waals surface area contributed by atoms with Gasteiger partial charge in [-0.1, -0.05) is 12.2 Å². The van der Waals surface area contributed by atoms with Crippen molar-refractivity contribution in [1.82, 2.24) is 0 Å². The number of aromatic carboxylic acids is 2.